The summed E-state index contributed by atoms with van der Waals surface area (Å²) in [5.41, 5.74) is -0.525. The third-order valence-electron chi connectivity index (χ3n) is 8.53. The number of carbonyl (C=O) groups excluding carboxylic acids is 3. The number of ether oxygens (including phenoxy) is 2. The number of hydrogen-bond donors (Lipinski definition) is 2. The number of hydrogen-bond acceptors (Lipinski definition) is 8. The Kier molecular flexibility index (Phi) is 5.96. The van der Waals surface area contributed by atoms with Gasteiger partial charge in [0.1, 0.15) is 6.61 Å². The molecule has 0 bridgehead atoms. The van der Waals surface area contributed by atoms with Crippen molar-refractivity contribution in [1.29, 1.82) is 0 Å². The zero-order valence-electron chi connectivity index (χ0n) is 22.7. The number of fused-ring (bicyclic) bond motifs is 5. The number of alkyl carbamates (subject to hydrolysis) is 1. The summed E-state index contributed by atoms with van der Waals surface area (Å²) in [5, 5.41) is 14.2. The summed E-state index contributed by atoms with van der Waals surface area (Å²) in [6.45, 7) is 1.24. The first kappa shape index (κ1) is 26.9. The maximum atomic E-state index is 15.1. The van der Waals surface area contributed by atoms with Gasteiger partial charge in [-0.05, 0) is 43.0 Å². The van der Waals surface area contributed by atoms with E-state index in [0.717, 1.165) is 6.07 Å². The molecule has 4 aromatic rings. The van der Waals surface area contributed by atoms with Crippen molar-refractivity contribution in [2.45, 2.75) is 51.0 Å². The van der Waals surface area contributed by atoms with Gasteiger partial charge in [0, 0.05) is 28.1 Å². The monoisotopic (exact) mass is 587 g/mol. The maximum Gasteiger partial charge on any atom is 0.415 e. The molecule has 2 aromatic heterocycles. The van der Waals surface area contributed by atoms with Gasteiger partial charge in [0.05, 0.1) is 40.6 Å². The second-order valence-electron chi connectivity index (χ2n) is 10.8. The Morgan fingerprint density at radius 1 is 1.16 bits per heavy atom. The van der Waals surface area contributed by atoms with Crippen LogP contribution >= 0.6 is 0 Å². The molecule has 0 spiro atoms. The standard InChI is InChI=1S/C31H23F2N3O7/c1-2-31(41)18-10-22-26-16(12-36(22)27(37)17(18)13-42-29(31)39)24-20(35-30(40)43-28(38)14-6-4-3-5-7-14)9-8-15-23(24)21(34-26)11-19(32)25(15)33/h3-7,10-11,20,41H,2,8-9,12-13H2,1H3,(H,35,40)/t20-,31-/m0/s1. The first-order chi connectivity index (χ1) is 20.6. The molecule has 218 valence electrons. The molecule has 0 fully saturated rings. The van der Waals surface area contributed by atoms with Crippen LogP contribution in [0, 0.1) is 11.6 Å². The van der Waals surface area contributed by atoms with Crippen LogP contribution in [0.25, 0.3) is 22.3 Å². The van der Waals surface area contributed by atoms with Crippen molar-refractivity contribution in [3.05, 3.63) is 97.8 Å². The molecule has 2 N–H and O–H groups in total. The van der Waals surface area contributed by atoms with Gasteiger partial charge in [-0.1, -0.05) is 25.1 Å². The largest absolute Gasteiger partial charge is 0.458 e. The number of carbonyl (C=O) groups is 3. The lowest BCUT2D eigenvalue weighted by molar-refractivity contribution is -0.172. The van der Waals surface area contributed by atoms with Crippen LogP contribution in [0.2, 0.25) is 0 Å². The molecule has 0 radical (unpaired) electrons. The van der Waals surface area contributed by atoms with Crippen molar-refractivity contribution >= 4 is 28.9 Å². The molecule has 1 amide bonds. The van der Waals surface area contributed by atoms with E-state index in [1.807, 2.05) is 0 Å². The van der Waals surface area contributed by atoms with Gasteiger partial charge in [-0.25, -0.2) is 28.1 Å². The Morgan fingerprint density at radius 3 is 2.67 bits per heavy atom. The molecule has 3 aliphatic rings. The number of benzene rings is 2. The average Bonchev–Trinajstić information content (AvgIpc) is 3.37. The quantitative estimate of drug-likeness (QED) is 0.240. The fourth-order valence-electron chi connectivity index (χ4n) is 6.39. The van der Waals surface area contributed by atoms with Gasteiger partial charge < -0.3 is 24.5 Å². The smallest absolute Gasteiger partial charge is 0.415 e. The predicted molar refractivity (Wildman–Crippen MR) is 146 cm³/mol. The van der Waals surface area contributed by atoms with E-state index in [0.29, 0.717) is 16.5 Å². The summed E-state index contributed by atoms with van der Waals surface area (Å²) in [5.74, 6) is -3.86. The Labute approximate surface area is 241 Å². The van der Waals surface area contributed by atoms with Crippen molar-refractivity contribution in [3.8, 4) is 11.4 Å². The number of nitrogens with one attached hydrogen (secondary N) is 1. The SMILES string of the molecule is CC[C@@]1(O)C(=O)OCc2c1cc1n(c2=O)Cc2c-1nc1cc(F)c(F)c3c1c2[C@@H](NC(=O)OC(=O)c1ccccc1)CC3. The van der Waals surface area contributed by atoms with E-state index in [1.165, 1.54) is 22.8 Å². The highest BCUT2D eigenvalue weighted by Gasteiger charge is 2.46. The molecule has 43 heavy (non-hydrogen) atoms. The van der Waals surface area contributed by atoms with Gasteiger partial charge in [-0.15, -0.1) is 0 Å². The van der Waals surface area contributed by atoms with Crippen LogP contribution in [0.15, 0.2) is 47.3 Å². The van der Waals surface area contributed by atoms with Gasteiger partial charge in [0.25, 0.3) is 5.56 Å². The predicted octanol–water partition coefficient (Wildman–Crippen LogP) is 3.91. The number of aryl methyl sites for hydroxylation is 1. The Bertz CT molecular complexity index is 1970. The summed E-state index contributed by atoms with van der Waals surface area (Å²) in [7, 11) is 0. The number of cyclic esters (lactones) is 1. The number of aromatic nitrogens is 2. The van der Waals surface area contributed by atoms with Crippen molar-refractivity contribution < 1.29 is 37.7 Å². The first-order valence-corrected chi connectivity index (χ1v) is 13.7. The third-order valence-corrected chi connectivity index (χ3v) is 8.53. The molecule has 0 saturated carbocycles. The average molecular weight is 588 g/mol. The molecular formula is C31H23F2N3O7. The van der Waals surface area contributed by atoms with E-state index >= 15 is 4.39 Å². The molecule has 1 aliphatic carbocycles. The number of nitrogens with zero attached hydrogens (tertiary/aromatic N) is 2. The number of halogens is 2. The van der Waals surface area contributed by atoms with E-state index in [-0.39, 0.29) is 71.6 Å². The van der Waals surface area contributed by atoms with E-state index in [4.69, 9.17) is 9.47 Å². The van der Waals surface area contributed by atoms with Crippen LogP contribution in [0.1, 0.15) is 64.0 Å². The van der Waals surface area contributed by atoms with Gasteiger partial charge in [0.15, 0.2) is 17.2 Å². The summed E-state index contributed by atoms with van der Waals surface area (Å²) >= 11 is 0. The van der Waals surface area contributed by atoms with Gasteiger partial charge >= 0.3 is 18.0 Å². The number of amides is 1. The summed E-state index contributed by atoms with van der Waals surface area (Å²) in [6, 6.07) is 9.61. The molecule has 0 unspecified atom stereocenters. The molecule has 10 nitrogen and oxygen atoms in total. The Hall–Kier alpha value is -4.97. The highest BCUT2D eigenvalue weighted by atomic mass is 19.2. The lowest BCUT2D eigenvalue weighted by atomic mass is 9.83. The van der Waals surface area contributed by atoms with Crippen molar-refractivity contribution in [3.63, 3.8) is 0 Å². The summed E-state index contributed by atoms with van der Waals surface area (Å²) in [4.78, 5) is 56.2. The lowest BCUT2D eigenvalue weighted by Gasteiger charge is -2.31. The maximum absolute atomic E-state index is 15.1. The Balaban J connectivity index is 1.37. The van der Waals surface area contributed by atoms with E-state index < -0.39 is 46.9 Å². The fourth-order valence-corrected chi connectivity index (χ4v) is 6.39. The molecule has 12 heteroatoms. The second kappa shape index (κ2) is 9.53. The molecule has 2 aromatic carbocycles. The van der Waals surface area contributed by atoms with Gasteiger partial charge in [0.2, 0.25) is 0 Å². The third kappa shape index (κ3) is 3.89. The fraction of sp³-hybridized carbons (Fsp3) is 0.258. The zero-order chi connectivity index (χ0) is 30.2. The van der Waals surface area contributed by atoms with Crippen molar-refractivity contribution in [2.24, 2.45) is 0 Å². The van der Waals surface area contributed by atoms with E-state index in [9.17, 15) is 28.7 Å². The van der Waals surface area contributed by atoms with E-state index in [1.54, 1.807) is 25.1 Å². The summed E-state index contributed by atoms with van der Waals surface area (Å²) < 4.78 is 41.3. The van der Waals surface area contributed by atoms with Crippen molar-refractivity contribution in [1.82, 2.24) is 14.9 Å². The number of aliphatic hydroxyl groups is 1. The van der Waals surface area contributed by atoms with Crippen LogP contribution in [0.4, 0.5) is 13.6 Å². The van der Waals surface area contributed by atoms with Gasteiger partial charge in [-0.2, -0.15) is 0 Å². The molecule has 0 saturated heterocycles. The lowest BCUT2D eigenvalue weighted by Crippen LogP contribution is -2.44. The van der Waals surface area contributed by atoms with Crippen LogP contribution in [0.3, 0.4) is 0 Å². The minimum Gasteiger partial charge on any atom is -0.458 e. The first-order valence-electron chi connectivity index (χ1n) is 13.7. The second-order valence-corrected chi connectivity index (χ2v) is 10.8. The van der Waals surface area contributed by atoms with Crippen LogP contribution in [0.5, 0.6) is 0 Å². The molecule has 7 rings (SSSR count). The number of esters is 2. The number of rotatable bonds is 3. The Morgan fingerprint density at radius 2 is 1.93 bits per heavy atom. The molecule has 4 heterocycles. The minimum absolute atomic E-state index is 0.0256. The topological polar surface area (TPSA) is 137 Å². The highest BCUT2D eigenvalue weighted by molar-refractivity contribution is 5.97. The van der Waals surface area contributed by atoms with Crippen LogP contribution in [-0.2, 0) is 39.4 Å². The summed E-state index contributed by atoms with van der Waals surface area (Å²) in [6.07, 6.45) is -0.868. The highest BCUT2D eigenvalue weighted by Crippen LogP contribution is 2.45. The van der Waals surface area contributed by atoms with Gasteiger partial charge in [-0.3, -0.25) is 4.79 Å². The molecule has 2 aliphatic heterocycles. The number of pyridine rings is 2. The van der Waals surface area contributed by atoms with E-state index in [2.05, 4.69) is 10.3 Å². The molecule has 2 atom stereocenters. The van der Waals surface area contributed by atoms with Crippen LogP contribution < -0.4 is 10.9 Å². The zero-order valence-corrected chi connectivity index (χ0v) is 22.7. The normalized spacial score (nSPS) is 19.7. The minimum atomic E-state index is -2.04. The van der Waals surface area contributed by atoms with Crippen molar-refractivity contribution in [2.75, 3.05) is 0 Å². The van der Waals surface area contributed by atoms with Crippen LogP contribution in [-0.4, -0.2) is 32.7 Å². The molecular weight excluding hydrogens is 564 g/mol.